The van der Waals surface area contributed by atoms with Crippen molar-refractivity contribution in [1.82, 2.24) is 0 Å². The number of amides is 1. The SMILES string of the molecule is NC(N)=NCCc1ccc(OCCC2Oc3ccccc3N(Cc3ccccc3)C2=O)cc1. The van der Waals surface area contributed by atoms with Crippen LogP contribution in [0.5, 0.6) is 11.5 Å². The van der Waals surface area contributed by atoms with Gasteiger partial charge in [0.25, 0.3) is 5.91 Å². The van der Waals surface area contributed by atoms with Crippen LogP contribution in [0.4, 0.5) is 5.69 Å². The van der Waals surface area contributed by atoms with Crippen LogP contribution >= 0.6 is 0 Å². The molecule has 4 rings (SSSR count). The first kappa shape index (κ1) is 22.2. The van der Waals surface area contributed by atoms with Crippen LogP contribution in [-0.4, -0.2) is 31.1 Å². The summed E-state index contributed by atoms with van der Waals surface area (Å²) >= 11 is 0. The molecule has 0 aliphatic carbocycles. The maximum Gasteiger partial charge on any atom is 0.268 e. The molecule has 0 saturated carbocycles. The van der Waals surface area contributed by atoms with E-state index < -0.39 is 6.10 Å². The molecule has 7 nitrogen and oxygen atoms in total. The summed E-state index contributed by atoms with van der Waals surface area (Å²) in [6, 6.07) is 25.4. The van der Waals surface area contributed by atoms with E-state index >= 15 is 0 Å². The van der Waals surface area contributed by atoms with E-state index in [2.05, 4.69) is 4.99 Å². The van der Waals surface area contributed by atoms with E-state index in [0.29, 0.717) is 31.9 Å². The maximum atomic E-state index is 13.2. The Bertz CT molecular complexity index is 1100. The van der Waals surface area contributed by atoms with E-state index in [9.17, 15) is 4.79 Å². The molecule has 7 heteroatoms. The van der Waals surface area contributed by atoms with E-state index in [1.54, 1.807) is 4.90 Å². The van der Waals surface area contributed by atoms with Gasteiger partial charge >= 0.3 is 0 Å². The summed E-state index contributed by atoms with van der Waals surface area (Å²) in [5.74, 6) is 1.49. The molecule has 1 unspecified atom stereocenters. The average molecular weight is 445 g/mol. The molecule has 4 N–H and O–H groups in total. The molecular weight excluding hydrogens is 416 g/mol. The summed E-state index contributed by atoms with van der Waals surface area (Å²) in [6.45, 7) is 1.41. The number of ether oxygens (including phenoxy) is 2. The summed E-state index contributed by atoms with van der Waals surface area (Å²) in [6.07, 6.45) is 0.603. The topological polar surface area (TPSA) is 103 Å². The number of aliphatic imine (C=N–C) groups is 1. The van der Waals surface area contributed by atoms with Gasteiger partial charge in [0.05, 0.1) is 18.8 Å². The van der Waals surface area contributed by atoms with Gasteiger partial charge in [0, 0.05) is 13.0 Å². The fraction of sp³-hybridized carbons (Fsp3) is 0.231. The first-order chi connectivity index (χ1) is 16.1. The zero-order valence-corrected chi connectivity index (χ0v) is 18.4. The second-order valence-electron chi connectivity index (χ2n) is 7.82. The second kappa shape index (κ2) is 10.5. The van der Waals surface area contributed by atoms with E-state index in [-0.39, 0.29) is 11.9 Å². The Morgan fingerprint density at radius 2 is 1.67 bits per heavy atom. The van der Waals surface area contributed by atoms with Gasteiger partial charge in [0.1, 0.15) is 11.5 Å². The number of anilines is 1. The lowest BCUT2D eigenvalue weighted by molar-refractivity contribution is -0.127. The third kappa shape index (κ3) is 5.83. The Labute approximate surface area is 193 Å². The van der Waals surface area contributed by atoms with Gasteiger partial charge < -0.3 is 25.8 Å². The molecule has 1 aliphatic rings. The van der Waals surface area contributed by atoms with Crippen molar-refractivity contribution in [3.05, 3.63) is 90.0 Å². The van der Waals surface area contributed by atoms with Crippen molar-refractivity contribution < 1.29 is 14.3 Å². The Morgan fingerprint density at radius 1 is 0.939 bits per heavy atom. The minimum Gasteiger partial charge on any atom is -0.493 e. The molecule has 3 aromatic carbocycles. The fourth-order valence-electron chi connectivity index (χ4n) is 3.74. The smallest absolute Gasteiger partial charge is 0.268 e. The Balaban J connectivity index is 1.36. The molecule has 33 heavy (non-hydrogen) atoms. The zero-order chi connectivity index (χ0) is 23.0. The van der Waals surface area contributed by atoms with Crippen molar-refractivity contribution in [2.24, 2.45) is 16.5 Å². The molecule has 1 heterocycles. The van der Waals surface area contributed by atoms with Crippen LogP contribution in [0.2, 0.25) is 0 Å². The minimum atomic E-state index is -0.595. The van der Waals surface area contributed by atoms with Crippen LogP contribution in [0.25, 0.3) is 0 Å². The third-order valence-electron chi connectivity index (χ3n) is 5.42. The normalized spacial score (nSPS) is 14.8. The van der Waals surface area contributed by atoms with Crippen molar-refractivity contribution in [2.75, 3.05) is 18.1 Å². The van der Waals surface area contributed by atoms with Crippen molar-refractivity contribution in [2.45, 2.75) is 25.5 Å². The van der Waals surface area contributed by atoms with Crippen LogP contribution in [0.15, 0.2) is 83.9 Å². The maximum absolute atomic E-state index is 13.2. The molecule has 1 amide bonds. The molecule has 0 radical (unpaired) electrons. The van der Waals surface area contributed by atoms with Gasteiger partial charge in [-0.3, -0.25) is 9.79 Å². The standard InChI is InChI=1S/C26H28N4O3/c27-26(28)29-16-14-19-10-12-21(13-11-19)32-17-15-24-25(31)30(18-20-6-2-1-3-7-20)22-8-4-5-9-23(22)33-24/h1-13,24H,14-18H2,(H4,27,28,29). The predicted molar refractivity (Wildman–Crippen MR) is 129 cm³/mol. The molecule has 0 bridgehead atoms. The van der Waals surface area contributed by atoms with E-state index in [4.69, 9.17) is 20.9 Å². The number of hydrogen-bond acceptors (Lipinski definition) is 4. The molecule has 3 aromatic rings. The summed E-state index contributed by atoms with van der Waals surface area (Å²) in [5, 5.41) is 0. The van der Waals surface area contributed by atoms with Gasteiger partial charge in [0.2, 0.25) is 0 Å². The second-order valence-corrected chi connectivity index (χ2v) is 7.82. The summed E-state index contributed by atoms with van der Waals surface area (Å²) in [4.78, 5) is 19.0. The van der Waals surface area contributed by atoms with Gasteiger partial charge in [-0.15, -0.1) is 0 Å². The van der Waals surface area contributed by atoms with E-state index in [0.717, 1.165) is 29.0 Å². The minimum absolute atomic E-state index is 0.0590. The Hall–Kier alpha value is -4.00. The number of benzene rings is 3. The molecule has 0 saturated heterocycles. The fourth-order valence-corrected chi connectivity index (χ4v) is 3.74. The van der Waals surface area contributed by atoms with Crippen LogP contribution in [0, 0.1) is 0 Å². The number of carbonyl (C=O) groups excluding carboxylic acids is 1. The van der Waals surface area contributed by atoms with Crippen LogP contribution in [-0.2, 0) is 17.8 Å². The lowest BCUT2D eigenvalue weighted by atomic mass is 10.1. The molecule has 0 spiro atoms. The highest BCUT2D eigenvalue weighted by Gasteiger charge is 2.34. The number of hydrogen-bond donors (Lipinski definition) is 2. The highest BCUT2D eigenvalue weighted by atomic mass is 16.5. The number of guanidine groups is 1. The number of nitrogens with zero attached hydrogens (tertiary/aromatic N) is 2. The lowest BCUT2D eigenvalue weighted by Gasteiger charge is -2.34. The number of carbonyl (C=O) groups is 1. The number of para-hydroxylation sites is 2. The van der Waals surface area contributed by atoms with E-state index in [1.807, 2.05) is 78.9 Å². The Morgan fingerprint density at radius 3 is 2.42 bits per heavy atom. The van der Waals surface area contributed by atoms with Crippen LogP contribution in [0.1, 0.15) is 17.5 Å². The van der Waals surface area contributed by atoms with Gasteiger partial charge in [-0.25, -0.2) is 0 Å². The van der Waals surface area contributed by atoms with E-state index in [1.165, 1.54) is 0 Å². The van der Waals surface area contributed by atoms with Crippen LogP contribution < -0.4 is 25.8 Å². The van der Waals surface area contributed by atoms with Crippen molar-refractivity contribution in [3.63, 3.8) is 0 Å². The van der Waals surface area contributed by atoms with Gasteiger partial charge in [0.15, 0.2) is 12.1 Å². The number of nitrogens with two attached hydrogens (primary N) is 2. The molecule has 1 aliphatic heterocycles. The zero-order valence-electron chi connectivity index (χ0n) is 18.4. The molecule has 170 valence electrons. The molecule has 1 atom stereocenters. The van der Waals surface area contributed by atoms with Crippen molar-refractivity contribution in [3.8, 4) is 11.5 Å². The van der Waals surface area contributed by atoms with Crippen molar-refractivity contribution >= 4 is 17.6 Å². The molecule has 0 fully saturated rings. The highest BCUT2D eigenvalue weighted by molar-refractivity contribution is 5.99. The van der Waals surface area contributed by atoms with Gasteiger partial charge in [-0.05, 0) is 41.8 Å². The molecule has 0 aromatic heterocycles. The average Bonchev–Trinajstić information content (AvgIpc) is 2.83. The summed E-state index contributed by atoms with van der Waals surface area (Å²) in [5.41, 5.74) is 13.7. The number of fused-ring (bicyclic) bond motifs is 1. The van der Waals surface area contributed by atoms with Crippen molar-refractivity contribution in [1.29, 1.82) is 0 Å². The largest absolute Gasteiger partial charge is 0.493 e. The van der Waals surface area contributed by atoms with Gasteiger partial charge in [-0.1, -0.05) is 54.6 Å². The third-order valence-corrected chi connectivity index (χ3v) is 5.42. The monoisotopic (exact) mass is 444 g/mol. The first-order valence-corrected chi connectivity index (χ1v) is 11.0. The number of rotatable bonds is 9. The van der Waals surface area contributed by atoms with Crippen LogP contribution in [0.3, 0.4) is 0 Å². The Kier molecular flexibility index (Phi) is 7.09. The highest BCUT2D eigenvalue weighted by Crippen LogP contribution is 2.35. The quantitative estimate of drug-likeness (QED) is 0.389. The summed E-state index contributed by atoms with van der Waals surface area (Å²) in [7, 11) is 0. The summed E-state index contributed by atoms with van der Waals surface area (Å²) < 4.78 is 11.9. The first-order valence-electron chi connectivity index (χ1n) is 11.0. The lowest BCUT2D eigenvalue weighted by Crippen LogP contribution is -2.46. The predicted octanol–water partition coefficient (Wildman–Crippen LogP) is 3.27. The van der Waals surface area contributed by atoms with Gasteiger partial charge in [-0.2, -0.15) is 0 Å². The molecular formula is C26H28N4O3.